The lowest BCUT2D eigenvalue weighted by atomic mass is 9.90. The molecule has 6 rings (SSSR count). The van der Waals surface area contributed by atoms with Crippen LogP contribution in [-0.2, 0) is 0 Å². The van der Waals surface area contributed by atoms with Gasteiger partial charge in [-0.1, -0.05) is 91.0 Å². The lowest BCUT2D eigenvalue weighted by molar-refractivity contribution is 0.103. The van der Waals surface area contributed by atoms with Gasteiger partial charge in [0.15, 0.2) is 5.78 Å². The van der Waals surface area contributed by atoms with E-state index in [1.807, 2.05) is 91.0 Å². The molecule has 0 aliphatic heterocycles. The number of carbonyl (C=O) groups excluding carboxylic acids is 1. The first-order valence-corrected chi connectivity index (χ1v) is 14.0. The molecule has 0 amide bonds. The lowest BCUT2D eigenvalue weighted by Gasteiger charge is -2.11. The Bertz CT molecular complexity index is 1810. The summed E-state index contributed by atoms with van der Waals surface area (Å²) in [6.45, 7) is 0. The molecule has 0 atom stereocenters. The van der Waals surface area contributed by atoms with E-state index in [9.17, 15) is 4.79 Å². The van der Waals surface area contributed by atoms with Crippen molar-refractivity contribution < 1.29 is 18.7 Å². The normalized spacial score (nSPS) is 10.7. The monoisotopic (exact) mass is 562 g/mol. The molecule has 0 spiro atoms. The van der Waals surface area contributed by atoms with Gasteiger partial charge in [0.05, 0.1) is 19.8 Å². The summed E-state index contributed by atoms with van der Waals surface area (Å²) in [7, 11) is 3.24. The molecule has 0 aliphatic carbocycles. The van der Waals surface area contributed by atoms with Gasteiger partial charge in [-0.2, -0.15) is 0 Å². The second kappa shape index (κ2) is 12.5. The quantitative estimate of drug-likeness (QED) is 0.165. The van der Waals surface area contributed by atoms with Gasteiger partial charge in [0.25, 0.3) is 0 Å². The molecule has 0 N–H and O–H groups in total. The van der Waals surface area contributed by atoms with Gasteiger partial charge in [0.1, 0.15) is 23.0 Å². The molecule has 43 heavy (non-hydrogen) atoms. The molecule has 1 aromatic heterocycles. The van der Waals surface area contributed by atoms with Crippen LogP contribution in [0.2, 0.25) is 0 Å². The number of benzene rings is 5. The highest BCUT2D eigenvalue weighted by molar-refractivity contribution is 6.16. The summed E-state index contributed by atoms with van der Waals surface area (Å²) < 4.78 is 17.5. The molecule has 0 aliphatic rings. The number of carbonyl (C=O) groups is 1. The maximum atomic E-state index is 14.5. The van der Waals surface area contributed by atoms with Crippen LogP contribution in [0.4, 0.5) is 0 Å². The molecule has 0 saturated carbocycles. The molecule has 4 nitrogen and oxygen atoms in total. The number of ketones is 1. The topological polar surface area (TPSA) is 48.7 Å². The third kappa shape index (κ3) is 5.77. The van der Waals surface area contributed by atoms with Crippen molar-refractivity contribution >= 4 is 17.4 Å². The van der Waals surface area contributed by atoms with Gasteiger partial charge in [-0.3, -0.25) is 4.79 Å². The predicted molar refractivity (Wildman–Crippen MR) is 172 cm³/mol. The summed E-state index contributed by atoms with van der Waals surface area (Å²) in [5, 5.41) is 0. The molecular weight excluding hydrogens is 532 g/mol. The second-order valence-corrected chi connectivity index (χ2v) is 9.99. The summed E-state index contributed by atoms with van der Waals surface area (Å²) in [6.07, 6.45) is 2.08. The molecule has 1 heterocycles. The van der Waals surface area contributed by atoms with Crippen LogP contribution in [0.5, 0.6) is 11.5 Å². The highest BCUT2D eigenvalue weighted by Crippen LogP contribution is 2.42. The van der Waals surface area contributed by atoms with E-state index < -0.39 is 0 Å². The third-order valence-electron chi connectivity index (χ3n) is 7.37. The Hall–Kier alpha value is -5.61. The molecule has 0 bridgehead atoms. The Morgan fingerprint density at radius 3 is 1.51 bits per heavy atom. The van der Waals surface area contributed by atoms with E-state index in [-0.39, 0.29) is 5.78 Å². The van der Waals surface area contributed by atoms with Gasteiger partial charge < -0.3 is 13.9 Å². The molecule has 0 radical (unpaired) electrons. The second-order valence-electron chi connectivity index (χ2n) is 9.99. The van der Waals surface area contributed by atoms with Crippen molar-refractivity contribution in [1.82, 2.24) is 0 Å². The summed E-state index contributed by atoms with van der Waals surface area (Å²) >= 11 is 0. The van der Waals surface area contributed by atoms with E-state index in [1.54, 1.807) is 38.5 Å². The molecule has 0 saturated heterocycles. The fourth-order valence-electron chi connectivity index (χ4n) is 5.16. The van der Waals surface area contributed by atoms with Crippen LogP contribution in [0.15, 0.2) is 144 Å². The number of hydrogen-bond acceptors (Lipinski definition) is 4. The first-order valence-electron chi connectivity index (χ1n) is 14.0. The standard InChI is InChI=1S/C39H30O4/c1-41-32-22-18-29(19-23-32)37(40)36-35(26-34(27-12-6-3-7-13-27)28-14-8-4-9-15-28)38(30-16-10-5-11-17-30)43-39(36)31-20-24-33(42-2)25-21-31/h3-26H,1-2H3. The molecule has 6 aromatic rings. The molecule has 4 heteroatoms. The fourth-order valence-corrected chi connectivity index (χ4v) is 5.16. The zero-order valence-electron chi connectivity index (χ0n) is 24.0. The fraction of sp³-hybridized carbons (Fsp3) is 0.0513. The molecule has 0 fully saturated rings. The van der Waals surface area contributed by atoms with Gasteiger partial charge in [0, 0.05) is 22.3 Å². The van der Waals surface area contributed by atoms with Gasteiger partial charge in [-0.05, 0) is 71.3 Å². The number of hydrogen-bond donors (Lipinski definition) is 0. The maximum Gasteiger partial charge on any atom is 0.197 e. The molecular formula is C39H30O4. The van der Waals surface area contributed by atoms with E-state index in [0.29, 0.717) is 34.0 Å². The maximum absolute atomic E-state index is 14.5. The van der Waals surface area contributed by atoms with Crippen molar-refractivity contribution in [2.45, 2.75) is 0 Å². The van der Waals surface area contributed by atoms with Crippen LogP contribution in [0.25, 0.3) is 34.3 Å². The Labute approximate surface area is 251 Å². The largest absolute Gasteiger partial charge is 0.497 e. The molecule has 5 aromatic carbocycles. The first kappa shape index (κ1) is 27.6. The Morgan fingerprint density at radius 1 is 0.535 bits per heavy atom. The van der Waals surface area contributed by atoms with Gasteiger partial charge in [-0.15, -0.1) is 0 Å². The first-order chi connectivity index (χ1) is 21.2. The SMILES string of the molecule is COc1ccc(C(=O)c2c(-c3ccc(OC)cc3)oc(-c3ccccc3)c2C=C(c2ccccc2)c2ccccc2)cc1. The zero-order valence-corrected chi connectivity index (χ0v) is 24.0. The minimum Gasteiger partial charge on any atom is -0.497 e. The van der Waals surface area contributed by atoms with Crippen LogP contribution < -0.4 is 9.47 Å². The minimum absolute atomic E-state index is 0.147. The number of methoxy groups -OCH3 is 2. The molecule has 210 valence electrons. The van der Waals surface area contributed by atoms with Crippen molar-refractivity contribution in [3.8, 4) is 34.1 Å². The van der Waals surface area contributed by atoms with Gasteiger partial charge in [-0.25, -0.2) is 0 Å². The summed E-state index contributed by atoms with van der Waals surface area (Å²) in [6, 6.07) is 45.1. The van der Waals surface area contributed by atoms with Crippen LogP contribution in [0.3, 0.4) is 0 Å². The van der Waals surface area contributed by atoms with Gasteiger partial charge in [0.2, 0.25) is 0 Å². The van der Waals surface area contributed by atoms with Crippen LogP contribution >= 0.6 is 0 Å². The highest BCUT2D eigenvalue weighted by Gasteiger charge is 2.28. The Balaban J connectivity index is 1.67. The van der Waals surface area contributed by atoms with Crippen LogP contribution in [0, 0.1) is 0 Å². The van der Waals surface area contributed by atoms with E-state index >= 15 is 0 Å². The van der Waals surface area contributed by atoms with Gasteiger partial charge >= 0.3 is 0 Å². The van der Waals surface area contributed by atoms with Crippen LogP contribution in [0.1, 0.15) is 32.6 Å². The lowest BCUT2D eigenvalue weighted by Crippen LogP contribution is -2.04. The number of ether oxygens (including phenoxy) is 2. The summed E-state index contributed by atoms with van der Waals surface area (Å²) in [4.78, 5) is 14.5. The minimum atomic E-state index is -0.147. The average Bonchev–Trinajstić information content (AvgIpc) is 3.47. The Kier molecular flexibility index (Phi) is 8.01. The van der Waals surface area contributed by atoms with Crippen molar-refractivity contribution in [1.29, 1.82) is 0 Å². The highest BCUT2D eigenvalue weighted by atomic mass is 16.5. The smallest absolute Gasteiger partial charge is 0.197 e. The van der Waals surface area contributed by atoms with E-state index in [2.05, 4.69) is 30.3 Å². The zero-order chi connectivity index (χ0) is 29.6. The van der Waals surface area contributed by atoms with Crippen molar-refractivity contribution in [3.63, 3.8) is 0 Å². The summed E-state index contributed by atoms with van der Waals surface area (Å²) in [5.74, 6) is 2.37. The third-order valence-corrected chi connectivity index (χ3v) is 7.37. The van der Waals surface area contributed by atoms with E-state index in [0.717, 1.165) is 33.6 Å². The Morgan fingerprint density at radius 2 is 1.00 bits per heavy atom. The summed E-state index contributed by atoms with van der Waals surface area (Å²) in [5.41, 5.74) is 6.41. The van der Waals surface area contributed by atoms with Crippen LogP contribution in [-0.4, -0.2) is 20.0 Å². The van der Waals surface area contributed by atoms with Crippen molar-refractivity contribution in [2.24, 2.45) is 0 Å². The predicted octanol–water partition coefficient (Wildman–Crippen LogP) is 9.45. The van der Waals surface area contributed by atoms with E-state index in [1.165, 1.54) is 0 Å². The van der Waals surface area contributed by atoms with Crippen molar-refractivity contribution in [2.75, 3.05) is 14.2 Å². The number of rotatable bonds is 9. The molecule has 0 unspecified atom stereocenters. The average molecular weight is 563 g/mol. The number of furan rings is 1. The van der Waals surface area contributed by atoms with Crippen molar-refractivity contribution in [3.05, 3.63) is 167 Å². The van der Waals surface area contributed by atoms with E-state index in [4.69, 9.17) is 13.9 Å².